The molecular weight excluding hydrogens is 300 g/mol. The predicted octanol–water partition coefficient (Wildman–Crippen LogP) is 6.25. The van der Waals surface area contributed by atoms with E-state index in [1.807, 2.05) is 12.1 Å². The van der Waals surface area contributed by atoms with Crippen LogP contribution in [0.15, 0.2) is 72.8 Å². The summed E-state index contributed by atoms with van der Waals surface area (Å²) in [5.41, 5.74) is 4.95. The highest BCUT2D eigenvalue weighted by atomic mass is 32.1. The molecule has 1 nitrogen and oxygen atoms in total. The zero-order valence-corrected chi connectivity index (χ0v) is 13.6. The summed E-state index contributed by atoms with van der Waals surface area (Å²) in [6.07, 6.45) is 0. The summed E-state index contributed by atoms with van der Waals surface area (Å²) in [6.45, 7) is 2.12. The van der Waals surface area contributed by atoms with Crippen LogP contribution >= 0.6 is 11.3 Å². The van der Waals surface area contributed by atoms with Crippen LogP contribution < -0.4 is 0 Å². The largest absolute Gasteiger partial charge is 0.508 e. The molecule has 0 fully saturated rings. The molecule has 0 spiro atoms. The van der Waals surface area contributed by atoms with Gasteiger partial charge in [-0.05, 0) is 59.3 Å². The number of rotatable bonds is 2. The zero-order valence-electron chi connectivity index (χ0n) is 12.8. The van der Waals surface area contributed by atoms with Gasteiger partial charge in [-0.1, -0.05) is 48.0 Å². The third-order valence-corrected chi connectivity index (χ3v) is 5.15. The van der Waals surface area contributed by atoms with Crippen LogP contribution in [0.4, 0.5) is 0 Å². The predicted molar refractivity (Wildman–Crippen MR) is 99.1 cm³/mol. The summed E-state index contributed by atoms with van der Waals surface area (Å²) < 4.78 is 1.11. The summed E-state index contributed by atoms with van der Waals surface area (Å²) in [5, 5.41) is 10.8. The van der Waals surface area contributed by atoms with E-state index in [1.54, 1.807) is 17.4 Å². The molecule has 0 radical (unpaired) electrons. The third-order valence-electron chi connectivity index (χ3n) is 4.00. The van der Waals surface area contributed by atoms with Gasteiger partial charge in [0.05, 0.1) is 0 Å². The lowest BCUT2D eigenvalue weighted by molar-refractivity contribution is 0.476. The van der Waals surface area contributed by atoms with Crippen molar-refractivity contribution in [2.75, 3.05) is 0 Å². The summed E-state index contributed by atoms with van der Waals surface area (Å²) in [7, 11) is 0. The van der Waals surface area contributed by atoms with Crippen molar-refractivity contribution in [1.29, 1.82) is 0 Å². The number of benzene rings is 3. The normalized spacial score (nSPS) is 11.0. The Labute approximate surface area is 139 Å². The van der Waals surface area contributed by atoms with Crippen molar-refractivity contribution in [3.8, 4) is 27.3 Å². The van der Waals surface area contributed by atoms with E-state index in [4.69, 9.17) is 0 Å². The maximum atomic E-state index is 9.64. The first-order valence-corrected chi connectivity index (χ1v) is 8.41. The average Bonchev–Trinajstić information content (AvgIpc) is 2.98. The Bertz CT molecular complexity index is 998. The molecule has 1 N–H and O–H groups in total. The third kappa shape index (κ3) is 2.73. The van der Waals surface area contributed by atoms with E-state index in [1.165, 1.54) is 32.5 Å². The van der Waals surface area contributed by atoms with E-state index in [2.05, 4.69) is 61.5 Å². The molecule has 4 rings (SSSR count). The van der Waals surface area contributed by atoms with E-state index in [9.17, 15) is 5.11 Å². The highest BCUT2D eigenvalue weighted by molar-refractivity contribution is 7.22. The van der Waals surface area contributed by atoms with E-state index in [-0.39, 0.29) is 0 Å². The van der Waals surface area contributed by atoms with Crippen molar-refractivity contribution >= 4 is 21.4 Å². The molecule has 0 saturated heterocycles. The van der Waals surface area contributed by atoms with Crippen LogP contribution in [-0.2, 0) is 0 Å². The molecular formula is C21H16OS. The maximum Gasteiger partial charge on any atom is 0.117 e. The fraction of sp³-hybridized carbons (Fsp3) is 0.0476. The first kappa shape index (κ1) is 14.0. The highest BCUT2D eigenvalue weighted by Gasteiger charge is 2.07. The Hall–Kier alpha value is -2.58. The second-order valence-electron chi connectivity index (χ2n) is 5.78. The number of hydrogen-bond acceptors (Lipinski definition) is 2. The molecule has 0 saturated carbocycles. The van der Waals surface area contributed by atoms with Gasteiger partial charge in [-0.25, -0.2) is 0 Å². The van der Waals surface area contributed by atoms with Gasteiger partial charge in [-0.2, -0.15) is 0 Å². The summed E-state index contributed by atoms with van der Waals surface area (Å²) in [6, 6.07) is 24.9. The van der Waals surface area contributed by atoms with Gasteiger partial charge in [0.1, 0.15) is 5.75 Å². The van der Waals surface area contributed by atoms with Crippen molar-refractivity contribution in [2.45, 2.75) is 6.92 Å². The highest BCUT2D eigenvalue weighted by Crippen LogP contribution is 2.36. The lowest BCUT2D eigenvalue weighted by atomic mass is 10.0. The maximum absolute atomic E-state index is 9.64. The number of aromatic hydroxyl groups is 1. The van der Waals surface area contributed by atoms with E-state index < -0.39 is 0 Å². The number of phenolic OH excluding ortho intramolecular Hbond substituents is 1. The van der Waals surface area contributed by atoms with E-state index in [0.717, 1.165) is 4.70 Å². The molecule has 112 valence electrons. The van der Waals surface area contributed by atoms with Crippen LogP contribution in [0.3, 0.4) is 0 Å². The minimum Gasteiger partial charge on any atom is -0.508 e. The van der Waals surface area contributed by atoms with E-state index in [0.29, 0.717) is 5.75 Å². The molecule has 0 aliphatic carbocycles. The smallest absolute Gasteiger partial charge is 0.117 e. The van der Waals surface area contributed by atoms with Crippen LogP contribution in [0.25, 0.3) is 31.7 Å². The quantitative estimate of drug-likeness (QED) is 0.463. The van der Waals surface area contributed by atoms with Crippen LogP contribution in [0.1, 0.15) is 5.56 Å². The fourth-order valence-electron chi connectivity index (χ4n) is 2.84. The lowest BCUT2D eigenvalue weighted by Gasteiger charge is -2.05. The molecule has 2 heteroatoms. The number of phenols is 1. The van der Waals surface area contributed by atoms with Gasteiger partial charge in [0, 0.05) is 9.58 Å². The standard InChI is InChI=1S/C21H16OS/c1-14-4-2-5-15(10-14)16-6-3-7-17(11-16)20-12-18-8-9-19(22)13-21(18)23-20/h2-13,22H,1H3. The topological polar surface area (TPSA) is 20.2 Å². The second kappa shape index (κ2) is 5.56. The summed E-state index contributed by atoms with van der Waals surface area (Å²) >= 11 is 1.71. The van der Waals surface area contributed by atoms with Crippen LogP contribution in [-0.4, -0.2) is 5.11 Å². The van der Waals surface area contributed by atoms with Crippen molar-refractivity contribution in [3.05, 3.63) is 78.4 Å². The molecule has 23 heavy (non-hydrogen) atoms. The fourth-order valence-corrected chi connectivity index (χ4v) is 3.93. The number of thiophene rings is 1. The van der Waals surface area contributed by atoms with Crippen LogP contribution in [0.5, 0.6) is 5.75 Å². The molecule has 3 aromatic carbocycles. The Balaban J connectivity index is 1.80. The van der Waals surface area contributed by atoms with Gasteiger partial charge in [0.15, 0.2) is 0 Å². The second-order valence-corrected chi connectivity index (χ2v) is 6.87. The van der Waals surface area contributed by atoms with Gasteiger partial charge >= 0.3 is 0 Å². The number of aryl methyl sites for hydroxylation is 1. The van der Waals surface area contributed by atoms with E-state index >= 15 is 0 Å². The molecule has 0 amide bonds. The van der Waals surface area contributed by atoms with Gasteiger partial charge in [0.25, 0.3) is 0 Å². The first-order chi connectivity index (χ1) is 11.2. The number of fused-ring (bicyclic) bond motifs is 1. The SMILES string of the molecule is Cc1cccc(-c2cccc(-c3cc4ccc(O)cc4s3)c2)c1. The van der Waals surface area contributed by atoms with Gasteiger partial charge in [0.2, 0.25) is 0 Å². The van der Waals surface area contributed by atoms with Gasteiger partial charge in [-0.15, -0.1) is 11.3 Å². The molecule has 0 bridgehead atoms. The summed E-state index contributed by atoms with van der Waals surface area (Å²) in [4.78, 5) is 1.22. The molecule has 0 aliphatic heterocycles. The molecule has 4 aromatic rings. The van der Waals surface area contributed by atoms with Crippen LogP contribution in [0.2, 0.25) is 0 Å². The van der Waals surface area contributed by atoms with Crippen molar-refractivity contribution < 1.29 is 5.11 Å². The number of hydrogen-bond donors (Lipinski definition) is 1. The Kier molecular flexibility index (Phi) is 3.40. The average molecular weight is 316 g/mol. The lowest BCUT2D eigenvalue weighted by Crippen LogP contribution is -1.80. The van der Waals surface area contributed by atoms with Crippen molar-refractivity contribution in [2.24, 2.45) is 0 Å². The Morgan fingerprint density at radius 3 is 2.30 bits per heavy atom. The van der Waals surface area contributed by atoms with Crippen molar-refractivity contribution in [3.63, 3.8) is 0 Å². The minimum absolute atomic E-state index is 0.319. The van der Waals surface area contributed by atoms with Crippen LogP contribution in [0, 0.1) is 6.92 Å². The van der Waals surface area contributed by atoms with Gasteiger partial charge < -0.3 is 5.11 Å². The summed E-state index contributed by atoms with van der Waals surface area (Å²) in [5.74, 6) is 0.319. The van der Waals surface area contributed by atoms with Gasteiger partial charge in [-0.3, -0.25) is 0 Å². The monoisotopic (exact) mass is 316 g/mol. The molecule has 0 unspecified atom stereocenters. The molecule has 1 aromatic heterocycles. The molecule has 0 aliphatic rings. The van der Waals surface area contributed by atoms with Crippen molar-refractivity contribution in [1.82, 2.24) is 0 Å². The Morgan fingerprint density at radius 1 is 0.739 bits per heavy atom. The Morgan fingerprint density at radius 2 is 1.48 bits per heavy atom. The molecule has 0 atom stereocenters. The minimum atomic E-state index is 0.319. The first-order valence-electron chi connectivity index (χ1n) is 7.59. The molecule has 1 heterocycles. The zero-order chi connectivity index (χ0) is 15.8.